The second-order valence-electron chi connectivity index (χ2n) is 6.91. The van der Waals surface area contributed by atoms with Gasteiger partial charge in [-0.1, -0.05) is 6.42 Å². The summed E-state index contributed by atoms with van der Waals surface area (Å²) in [6.45, 7) is 2.08. The van der Waals surface area contributed by atoms with E-state index < -0.39 is 0 Å². The molecule has 104 valence electrons. The van der Waals surface area contributed by atoms with Crippen molar-refractivity contribution in [3.63, 3.8) is 0 Å². The topological polar surface area (TPSA) is 40.6 Å². The van der Waals surface area contributed by atoms with Crippen molar-refractivity contribution >= 4 is 11.8 Å². The van der Waals surface area contributed by atoms with E-state index in [-0.39, 0.29) is 23.9 Å². The average molecular weight is 262 g/mol. The summed E-state index contributed by atoms with van der Waals surface area (Å²) in [6, 6.07) is 0.116. The minimum absolute atomic E-state index is 0.0771. The van der Waals surface area contributed by atoms with Crippen molar-refractivity contribution in [1.82, 2.24) is 9.80 Å². The van der Waals surface area contributed by atoms with Crippen LogP contribution >= 0.6 is 0 Å². The zero-order chi connectivity index (χ0) is 13.0. The molecule has 4 rings (SSSR count). The Morgan fingerprint density at radius 2 is 1.63 bits per heavy atom. The lowest BCUT2D eigenvalue weighted by molar-refractivity contribution is -0.140. The molecule has 0 aromatic heterocycles. The Hall–Kier alpha value is -0.900. The molecule has 3 atom stereocenters. The highest BCUT2D eigenvalue weighted by Gasteiger charge is 2.49. The number of likely N-dealkylation sites (tertiary alicyclic amines) is 2. The second kappa shape index (κ2) is 4.30. The number of carbonyl (C=O) groups excluding carboxylic acids is 2. The molecule has 0 radical (unpaired) electrons. The minimum Gasteiger partial charge on any atom is -0.291 e. The summed E-state index contributed by atoms with van der Waals surface area (Å²) in [6.07, 6.45) is 7.81. The van der Waals surface area contributed by atoms with E-state index in [9.17, 15) is 9.59 Å². The molecule has 19 heavy (non-hydrogen) atoms. The third-order valence-corrected chi connectivity index (χ3v) is 5.39. The maximum atomic E-state index is 12.5. The zero-order valence-corrected chi connectivity index (χ0v) is 11.4. The number of nitrogens with zero attached hydrogens (tertiary/aromatic N) is 2. The summed E-state index contributed by atoms with van der Waals surface area (Å²) < 4.78 is 0. The highest BCUT2D eigenvalue weighted by Crippen LogP contribution is 2.38. The first-order valence-corrected chi connectivity index (χ1v) is 7.82. The van der Waals surface area contributed by atoms with Crippen molar-refractivity contribution in [1.29, 1.82) is 0 Å². The number of fused-ring (bicyclic) bond motifs is 2. The van der Waals surface area contributed by atoms with Crippen LogP contribution in [0.2, 0.25) is 0 Å². The van der Waals surface area contributed by atoms with Gasteiger partial charge in [0.1, 0.15) is 0 Å². The highest BCUT2D eigenvalue weighted by atomic mass is 16.2. The SMILES string of the molecule is O=C1CC(N2CC3CCCC(C3)C2)C(=O)N1C1CC1. The largest absolute Gasteiger partial charge is 0.291 e. The number of hydrogen-bond acceptors (Lipinski definition) is 3. The fourth-order valence-corrected chi connectivity index (χ4v) is 4.36. The maximum Gasteiger partial charge on any atom is 0.247 e. The van der Waals surface area contributed by atoms with Crippen molar-refractivity contribution in [2.75, 3.05) is 13.1 Å². The highest BCUT2D eigenvalue weighted by molar-refractivity contribution is 6.06. The molecule has 4 nitrogen and oxygen atoms in total. The third kappa shape index (κ3) is 2.00. The summed E-state index contributed by atoms with van der Waals surface area (Å²) in [5, 5.41) is 0. The van der Waals surface area contributed by atoms with Crippen LogP contribution in [0.25, 0.3) is 0 Å². The van der Waals surface area contributed by atoms with Gasteiger partial charge in [0.15, 0.2) is 0 Å². The number of piperidine rings is 1. The molecule has 0 aromatic carbocycles. The van der Waals surface area contributed by atoms with Gasteiger partial charge in [0.05, 0.1) is 12.5 Å². The Bertz CT molecular complexity index is 406. The van der Waals surface area contributed by atoms with E-state index in [0.29, 0.717) is 6.42 Å². The molecule has 3 unspecified atom stereocenters. The molecule has 0 aromatic rings. The van der Waals surface area contributed by atoms with Crippen molar-refractivity contribution < 1.29 is 9.59 Å². The molecule has 4 fully saturated rings. The Kier molecular flexibility index (Phi) is 2.69. The van der Waals surface area contributed by atoms with Gasteiger partial charge in [-0.2, -0.15) is 0 Å². The molecule has 2 aliphatic carbocycles. The summed E-state index contributed by atoms with van der Waals surface area (Å²) >= 11 is 0. The molecule has 2 amide bonds. The Morgan fingerprint density at radius 1 is 0.947 bits per heavy atom. The van der Waals surface area contributed by atoms with Gasteiger partial charge in [0.2, 0.25) is 11.8 Å². The second-order valence-corrected chi connectivity index (χ2v) is 6.91. The molecule has 4 aliphatic rings. The lowest BCUT2D eigenvalue weighted by Crippen LogP contribution is -2.50. The Balaban J connectivity index is 1.50. The molecule has 0 N–H and O–H groups in total. The molecule has 2 aliphatic heterocycles. The van der Waals surface area contributed by atoms with Crippen molar-refractivity contribution in [2.24, 2.45) is 11.8 Å². The summed E-state index contributed by atoms with van der Waals surface area (Å²) in [5.74, 6) is 1.72. The van der Waals surface area contributed by atoms with Gasteiger partial charge in [0.25, 0.3) is 0 Å². The number of carbonyl (C=O) groups is 2. The quantitative estimate of drug-likeness (QED) is 0.706. The van der Waals surface area contributed by atoms with E-state index in [1.165, 1.54) is 25.7 Å². The van der Waals surface area contributed by atoms with Crippen LogP contribution in [0.15, 0.2) is 0 Å². The molecular formula is C15H22N2O2. The summed E-state index contributed by atoms with van der Waals surface area (Å²) in [7, 11) is 0. The molecule has 2 heterocycles. The van der Waals surface area contributed by atoms with Crippen LogP contribution in [0.5, 0.6) is 0 Å². The molecule has 2 saturated carbocycles. The van der Waals surface area contributed by atoms with Gasteiger partial charge in [-0.25, -0.2) is 0 Å². The Morgan fingerprint density at radius 3 is 2.26 bits per heavy atom. The van der Waals surface area contributed by atoms with E-state index in [1.54, 1.807) is 4.90 Å². The van der Waals surface area contributed by atoms with Gasteiger partial charge in [-0.15, -0.1) is 0 Å². The van der Waals surface area contributed by atoms with E-state index in [1.807, 2.05) is 0 Å². The molecule has 2 saturated heterocycles. The van der Waals surface area contributed by atoms with Crippen LogP contribution in [0, 0.1) is 11.8 Å². The maximum absolute atomic E-state index is 12.5. The monoisotopic (exact) mass is 262 g/mol. The normalized spacial score (nSPS) is 40.0. The van der Waals surface area contributed by atoms with Crippen LogP contribution in [-0.4, -0.2) is 46.8 Å². The molecule has 4 heteroatoms. The van der Waals surface area contributed by atoms with Crippen LogP contribution in [0.4, 0.5) is 0 Å². The predicted molar refractivity (Wildman–Crippen MR) is 70.3 cm³/mol. The van der Waals surface area contributed by atoms with Crippen LogP contribution in [0.1, 0.15) is 44.9 Å². The standard InChI is InChI=1S/C15H22N2O2/c18-14-7-13(15(19)17(14)12-4-5-12)16-8-10-2-1-3-11(6-10)9-16/h10-13H,1-9H2. The van der Waals surface area contributed by atoms with Crippen molar-refractivity contribution in [2.45, 2.75) is 57.0 Å². The summed E-state index contributed by atoms with van der Waals surface area (Å²) in [5.41, 5.74) is 0. The van der Waals surface area contributed by atoms with Crippen LogP contribution in [0.3, 0.4) is 0 Å². The first-order valence-electron chi connectivity index (χ1n) is 7.82. The van der Waals surface area contributed by atoms with Gasteiger partial charge in [0, 0.05) is 19.1 Å². The lowest BCUT2D eigenvalue weighted by atomic mass is 9.77. The molecule has 0 spiro atoms. The van der Waals surface area contributed by atoms with Gasteiger partial charge < -0.3 is 0 Å². The van der Waals surface area contributed by atoms with E-state index in [4.69, 9.17) is 0 Å². The molecular weight excluding hydrogens is 240 g/mol. The van der Waals surface area contributed by atoms with Crippen molar-refractivity contribution in [3.8, 4) is 0 Å². The van der Waals surface area contributed by atoms with Gasteiger partial charge >= 0.3 is 0 Å². The zero-order valence-electron chi connectivity index (χ0n) is 11.4. The van der Waals surface area contributed by atoms with Crippen LogP contribution in [-0.2, 0) is 9.59 Å². The van der Waals surface area contributed by atoms with E-state index in [2.05, 4.69) is 4.90 Å². The molecule has 2 bridgehead atoms. The number of rotatable bonds is 2. The third-order valence-electron chi connectivity index (χ3n) is 5.39. The lowest BCUT2D eigenvalue weighted by Gasteiger charge is -2.43. The smallest absolute Gasteiger partial charge is 0.247 e. The number of amides is 2. The first-order chi connectivity index (χ1) is 9.22. The number of imide groups is 1. The predicted octanol–water partition coefficient (Wildman–Crippen LogP) is 1.40. The van der Waals surface area contributed by atoms with Crippen molar-refractivity contribution in [3.05, 3.63) is 0 Å². The first kappa shape index (κ1) is 11.9. The van der Waals surface area contributed by atoms with Gasteiger partial charge in [-0.05, 0) is 43.9 Å². The van der Waals surface area contributed by atoms with Gasteiger partial charge in [-0.3, -0.25) is 19.4 Å². The number of hydrogen-bond donors (Lipinski definition) is 0. The fraction of sp³-hybridized carbons (Fsp3) is 0.867. The fourth-order valence-electron chi connectivity index (χ4n) is 4.36. The van der Waals surface area contributed by atoms with Crippen LogP contribution < -0.4 is 0 Å². The summed E-state index contributed by atoms with van der Waals surface area (Å²) in [4.78, 5) is 28.4. The van der Waals surface area contributed by atoms with E-state index >= 15 is 0 Å². The average Bonchev–Trinajstić information content (AvgIpc) is 3.16. The van der Waals surface area contributed by atoms with E-state index in [0.717, 1.165) is 37.8 Å². The minimum atomic E-state index is -0.128. The Labute approximate surface area is 114 Å².